The van der Waals surface area contributed by atoms with Gasteiger partial charge in [-0.15, -0.1) is 11.8 Å². The zero-order valence-corrected chi connectivity index (χ0v) is 11.2. The quantitative estimate of drug-likeness (QED) is 0.344. The van der Waals surface area contributed by atoms with E-state index in [0.29, 0.717) is 11.4 Å². The molecule has 4 N–H and O–H groups in total. The topological polar surface area (TPSA) is 80.0 Å². The molecule has 0 unspecified atom stereocenters. The van der Waals surface area contributed by atoms with Gasteiger partial charge in [-0.3, -0.25) is 10.2 Å². The number of carbonyl (C=O) groups is 1. The van der Waals surface area contributed by atoms with E-state index >= 15 is 0 Å². The third-order valence-electron chi connectivity index (χ3n) is 2.52. The van der Waals surface area contributed by atoms with Gasteiger partial charge in [-0.2, -0.15) is 0 Å². The first-order valence-corrected chi connectivity index (χ1v) is 6.83. The lowest BCUT2D eigenvalue weighted by atomic mass is 10.2. The first-order chi connectivity index (χ1) is 9.22. The second kappa shape index (κ2) is 6.21. The van der Waals surface area contributed by atoms with Gasteiger partial charge in [-0.05, 0) is 42.7 Å². The van der Waals surface area contributed by atoms with E-state index in [0.717, 1.165) is 5.69 Å². The van der Waals surface area contributed by atoms with Crippen LogP contribution in [0.15, 0.2) is 47.5 Å². The van der Waals surface area contributed by atoms with Gasteiger partial charge in [0.2, 0.25) is 0 Å². The van der Waals surface area contributed by atoms with Crippen LogP contribution in [0, 0.1) is 0 Å². The molecule has 0 spiro atoms. The lowest BCUT2D eigenvalue weighted by molar-refractivity contribution is 0.0953. The summed E-state index contributed by atoms with van der Waals surface area (Å²) >= 11 is 1.68. The number of amides is 1. The third kappa shape index (κ3) is 3.46. The number of rotatable bonds is 4. The summed E-state index contributed by atoms with van der Waals surface area (Å²) in [5, 5.41) is 3.13. The van der Waals surface area contributed by atoms with Crippen molar-refractivity contribution in [2.24, 2.45) is 5.84 Å². The summed E-state index contributed by atoms with van der Waals surface area (Å²) in [7, 11) is 0. The molecule has 0 saturated carbocycles. The van der Waals surface area contributed by atoms with Crippen molar-refractivity contribution in [3.05, 3.63) is 48.2 Å². The summed E-state index contributed by atoms with van der Waals surface area (Å²) in [4.78, 5) is 16.8. The normalized spacial score (nSPS) is 10.0. The van der Waals surface area contributed by atoms with Crippen molar-refractivity contribution in [1.82, 2.24) is 10.4 Å². The van der Waals surface area contributed by atoms with E-state index in [1.807, 2.05) is 30.5 Å². The summed E-state index contributed by atoms with van der Waals surface area (Å²) in [6.45, 7) is 0. The van der Waals surface area contributed by atoms with Crippen LogP contribution in [0.4, 0.5) is 11.5 Å². The molecule has 0 aliphatic heterocycles. The maximum atomic E-state index is 11.4. The molecule has 0 saturated heterocycles. The Balaban J connectivity index is 2.16. The fraction of sp³-hybridized carbons (Fsp3) is 0.0769. The summed E-state index contributed by atoms with van der Waals surface area (Å²) in [5.41, 5.74) is 3.46. The Morgan fingerprint density at radius 3 is 2.63 bits per heavy atom. The number of anilines is 2. The number of carbonyl (C=O) groups excluding carboxylic acids is 1. The van der Waals surface area contributed by atoms with Crippen molar-refractivity contribution >= 4 is 29.2 Å². The molecule has 2 aromatic rings. The molecule has 1 aromatic carbocycles. The van der Waals surface area contributed by atoms with Gasteiger partial charge in [-0.25, -0.2) is 10.8 Å². The van der Waals surface area contributed by atoms with Gasteiger partial charge in [0, 0.05) is 22.3 Å². The largest absolute Gasteiger partial charge is 0.340 e. The highest BCUT2D eigenvalue weighted by Gasteiger charge is 2.05. The van der Waals surface area contributed by atoms with Gasteiger partial charge in [0.1, 0.15) is 5.82 Å². The fourth-order valence-corrected chi connectivity index (χ4v) is 1.95. The van der Waals surface area contributed by atoms with Gasteiger partial charge < -0.3 is 5.32 Å². The van der Waals surface area contributed by atoms with E-state index < -0.39 is 0 Å². The van der Waals surface area contributed by atoms with Crippen LogP contribution in [0.5, 0.6) is 0 Å². The van der Waals surface area contributed by atoms with Gasteiger partial charge in [0.25, 0.3) is 5.91 Å². The number of thioether (sulfide) groups is 1. The molecule has 1 heterocycles. The maximum Gasteiger partial charge on any atom is 0.265 e. The minimum absolute atomic E-state index is 0.344. The lowest BCUT2D eigenvalue weighted by Gasteiger charge is -2.07. The number of hydrogen-bond donors (Lipinski definition) is 3. The number of nitrogens with two attached hydrogens (primary N) is 1. The Labute approximate surface area is 115 Å². The van der Waals surface area contributed by atoms with Crippen LogP contribution in [0.2, 0.25) is 0 Å². The van der Waals surface area contributed by atoms with Crippen LogP contribution >= 0.6 is 11.8 Å². The molecule has 5 nitrogen and oxygen atoms in total. The van der Waals surface area contributed by atoms with Crippen LogP contribution in [-0.2, 0) is 0 Å². The minimum Gasteiger partial charge on any atom is -0.340 e. The van der Waals surface area contributed by atoms with Crippen molar-refractivity contribution in [3.8, 4) is 0 Å². The number of aromatic nitrogens is 1. The predicted octanol–water partition coefficient (Wildman–Crippen LogP) is 2.15. The monoisotopic (exact) mass is 274 g/mol. The third-order valence-corrected chi connectivity index (χ3v) is 3.26. The SMILES string of the molecule is CSc1ccc(Nc2cc(C(=O)NN)ccn2)cc1. The van der Waals surface area contributed by atoms with Crippen molar-refractivity contribution in [3.63, 3.8) is 0 Å². The first-order valence-electron chi connectivity index (χ1n) is 5.61. The van der Waals surface area contributed by atoms with E-state index in [4.69, 9.17) is 5.84 Å². The summed E-state index contributed by atoms with van der Waals surface area (Å²) < 4.78 is 0. The first kappa shape index (κ1) is 13.4. The Kier molecular flexibility index (Phi) is 4.38. The molecule has 1 aromatic heterocycles. The Morgan fingerprint density at radius 1 is 1.26 bits per heavy atom. The Bertz CT molecular complexity index is 571. The standard InChI is InChI=1S/C13H14N4OS/c1-19-11-4-2-10(3-5-11)16-12-8-9(6-7-15-12)13(18)17-14/h2-8H,14H2,1H3,(H,15,16)(H,17,18). The maximum absolute atomic E-state index is 11.4. The van der Waals surface area contributed by atoms with Crippen LogP contribution in [-0.4, -0.2) is 17.1 Å². The van der Waals surface area contributed by atoms with Gasteiger partial charge in [0.05, 0.1) is 0 Å². The Morgan fingerprint density at radius 2 is 2.00 bits per heavy atom. The lowest BCUT2D eigenvalue weighted by Crippen LogP contribution is -2.30. The molecular formula is C13H14N4OS. The molecular weight excluding hydrogens is 260 g/mol. The van der Waals surface area contributed by atoms with Crippen LogP contribution in [0.1, 0.15) is 10.4 Å². The molecule has 0 aliphatic rings. The number of nitrogen functional groups attached to an aromatic ring is 1. The number of benzene rings is 1. The number of nitrogens with zero attached hydrogens (tertiary/aromatic N) is 1. The van der Waals surface area contributed by atoms with E-state index in [9.17, 15) is 4.79 Å². The molecule has 0 radical (unpaired) electrons. The minimum atomic E-state index is -0.344. The smallest absolute Gasteiger partial charge is 0.265 e. The zero-order valence-electron chi connectivity index (χ0n) is 10.4. The highest BCUT2D eigenvalue weighted by Crippen LogP contribution is 2.20. The Hall–Kier alpha value is -2.05. The molecule has 98 valence electrons. The van der Waals surface area contributed by atoms with Crippen molar-refractivity contribution < 1.29 is 4.79 Å². The average molecular weight is 274 g/mol. The number of hydrogen-bond acceptors (Lipinski definition) is 5. The second-order valence-electron chi connectivity index (χ2n) is 3.76. The fourth-order valence-electron chi connectivity index (χ4n) is 1.55. The van der Waals surface area contributed by atoms with Gasteiger partial charge in [0.15, 0.2) is 0 Å². The molecule has 0 atom stereocenters. The summed E-state index contributed by atoms with van der Waals surface area (Å²) in [6, 6.07) is 11.2. The number of nitrogens with one attached hydrogen (secondary N) is 2. The highest BCUT2D eigenvalue weighted by atomic mass is 32.2. The number of pyridine rings is 1. The molecule has 6 heteroatoms. The predicted molar refractivity (Wildman–Crippen MR) is 77.4 cm³/mol. The average Bonchev–Trinajstić information content (AvgIpc) is 2.47. The van der Waals surface area contributed by atoms with E-state index in [1.165, 1.54) is 4.90 Å². The van der Waals surface area contributed by atoms with E-state index in [2.05, 4.69) is 15.7 Å². The summed E-state index contributed by atoms with van der Waals surface area (Å²) in [5.74, 6) is 5.35. The second-order valence-corrected chi connectivity index (χ2v) is 4.64. The molecule has 0 fully saturated rings. The molecule has 1 amide bonds. The zero-order chi connectivity index (χ0) is 13.7. The van der Waals surface area contributed by atoms with Gasteiger partial charge in [-0.1, -0.05) is 0 Å². The van der Waals surface area contributed by atoms with Gasteiger partial charge >= 0.3 is 0 Å². The number of hydrazine groups is 1. The van der Waals surface area contributed by atoms with Crippen molar-refractivity contribution in [2.45, 2.75) is 4.90 Å². The van der Waals surface area contributed by atoms with Crippen LogP contribution in [0.25, 0.3) is 0 Å². The molecule has 2 rings (SSSR count). The van der Waals surface area contributed by atoms with Crippen molar-refractivity contribution in [1.29, 1.82) is 0 Å². The van der Waals surface area contributed by atoms with E-state index in [1.54, 1.807) is 30.1 Å². The molecule has 19 heavy (non-hydrogen) atoms. The van der Waals surface area contributed by atoms with Crippen LogP contribution in [0.3, 0.4) is 0 Å². The highest BCUT2D eigenvalue weighted by molar-refractivity contribution is 7.98. The van der Waals surface area contributed by atoms with Crippen LogP contribution < -0.4 is 16.6 Å². The summed E-state index contributed by atoms with van der Waals surface area (Å²) in [6.07, 6.45) is 3.59. The molecule has 0 bridgehead atoms. The van der Waals surface area contributed by atoms with Crippen molar-refractivity contribution in [2.75, 3.05) is 11.6 Å². The van der Waals surface area contributed by atoms with E-state index in [-0.39, 0.29) is 5.91 Å². The molecule has 0 aliphatic carbocycles.